The van der Waals surface area contributed by atoms with Crippen molar-refractivity contribution in [3.05, 3.63) is 18.5 Å². The first-order valence-electron chi connectivity index (χ1n) is 6.22. The summed E-state index contributed by atoms with van der Waals surface area (Å²) >= 11 is 0. The van der Waals surface area contributed by atoms with E-state index in [4.69, 9.17) is 0 Å². The highest BCUT2D eigenvalue weighted by Gasteiger charge is 2.21. The van der Waals surface area contributed by atoms with Gasteiger partial charge in [-0.25, -0.2) is 0 Å². The molecule has 0 atom stereocenters. The molecule has 0 bridgehead atoms. The van der Waals surface area contributed by atoms with E-state index < -0.39 is 0 Å². The lowest BCUT2D eigenvalue weighted by molar-refractivity contribution is -0.132. The molecule has 1 aromatic heterocycles. The minimum absolute atomic E-state index is 0.245. The average molecular weight is 236 g/mol. The number of carbonyl (C=O) groups excluding carboxylic acids is 1. The molecule has 0 aliphatic carbocycles. The highest BCUT2D eigenvalue weighted by molar-refractivity contribution is 5.76. The fourth-order valence-electron chi connectivity index (χ4n) is 2.22. The van der Waals surface area contributed by atoms with Crippen LogP contribution in [0.4, 0.5) is 0 Å². The van der Waals surface area contributed by atoms with Crippen molar-refractivity contribution in [2.24, 2.45) is 0 Å². The van der Waals surface area contributed by atoms with E-state index in [1.165, 1.54) is 0 Å². The minimum atomic E-state index is 0.245. The van der Waals surface area contributed by atoms with E-state index in [9.17, 15) is 4.79 Å². The standard InChI is InChI=1S/C12H20N4O/c1-13-11-3-8-15(9-4-11)12(17)5-10-16-7-2-6-14-16/h2,6-7,11,13H,3-5,8-10H2,1H3. The van der Waals surface area contributed by atoms with Crippen LogP contribution in [-0.4, -0.2) is 46.8 Å². The summed E-state index contributed by atoms with van der Waals surface area (Å²) in [5, 5.41) is 7.36. The van der Waals surface area contributed by atoms with Crippen LogP contribution < -0.4 is 5.32 Å². The Labute approximate surface area is 102 Å². The molecule has 2 heterocycles. The fraction of sp³-hybridized carbons (Fsp3) is 0.667. The molecule has 0 radical (unpaired) electrons. The summed E-state index contributed by atoms with van der Waals surface area (Å²) in [6.07, 6.45) is 6.29. The first kappa shape index (κ1) is 12.1. The summed E-state index contributed by atoms with van der Waals surface area (Å²) in [6.45, 7) is 2.44. The van der Waals surface area contributed by atoms with Crippen LogP contribution in [0.3, 0.4) is 0 Å². The SMILES string of the molecule is CNC1CCN(C(=O)CCn2cccn2)CC1. The van der Waals surface area contributed by atoms with Gasteiger partial charge in [-0.05, 0) is 26.0 Å². The molecular weight excluding hydrogens is 216 g/mol. The molecule has 5 nitrogen and oxygen atoms in total. The minimum Gasteiger partial charge on any atom is -0.343 e. The molecule has 94 valence electrons. The van der Waals surface area contributed by atoms with Crippen molar-refractivity contribution in [1.82, 2.24) is 20.0 Å². The molecule has 2 rings (SSSR count). The molecule has 1 aromatic rings. The van der Waals surface area contributed by atoms with Crippen molar-refractivity contribution in [2.75, 3.05) is 20.1 Å². The van der Waals surface area contributed by atoms with Crippen LogP contribution in [0.2, 0.25) is 0 Å². The van der Waals surface area contributed by atoms with E-state index in [0.717, 1.165) is 25.9 Å². The van der Waals surface area contributed by atoms with Gasteiger partial charge in [-0.1, -0.05) is 0 Å². The lowest BCUT2D eigenvalue weighted by Gasteiger charge is -2.31. The predicted molar refractivity (Wildman–Crippen MR) is 65.5 cm³/mol. The molecule has 0 unspecified atom stereocenters. The highest BCUT2D eigenvalue weighted by Crippen LogP contribution is 2.11. The molecule has 0 saturated carbocycles. The summed E-state index contributed by atoms with van der Waals surface area (Å²) in [5.74, 6) is 0.245. The zero-order chi connectivity index (χ0) is 12.1. The monoisotopic (exact) mass is 236 g/mol. The van der Waals surface area contributed by atoms with Crippen LogP contribution in [0.15, 0.2) is 18.5 Å². The van der Waals surface area contributed by atoms with Gasteiger partial charge in [-0.15, -0.1) is 0 Å². The van der Waals surface area contributed by atoms with Gasteiger partial charge in [0.2, 0.25) is 5.91 Å². The Balaban J connectivity index is 1.73. The van der Waals surface area contributed by atoms with E-state index in [2.05, 4.69) is 10.4 Å². The van der Waals surface area contributed by atoms with Crippen molar-refractivity contribution in [3.63, 3.8) is 0 Å². The van der Waals surface area contributed by atoms with Crippen molar-refractivity contribution in [2.45, 2.75) is 31.8 Å². The van der Waals surface area contributed by atoms with Gasteiger partial charge in [0.25, 0.3) is 0 Å². The number of likely N-dealkylation sites (tertiary alicyclic amines) is 1. The van der Waals surface area contributed by atoms with Gasteiger partial charge in [0.05, 0.1) is 0 Å². The number of nitrogens with one attached hydrogen (secondary N) is 1. The summed E-state index contributed by atoms with van der Waals surface area (Å²) in [5.41, 5.74) is 0. The van der Waals surface area contributed by atoms with Crippen molar-refractivity contribution in [3.8, 4) is 0 Å². The zero-order valence-electron chi connectivity index (χ0n) is 10.3. The number of hydrogen-bond donors (Lipinski definition) is 1. The zero-order valence-corrected chi connectivity index (χ0v) is 10.3. The molecule has 5 heteroatoms. The third kappa shape index (κ3) is 3.30. The molecule has 1 aliphatic heterocycles. The van der Waals surface area contributed by atoms with Gasteiger partial charge >= 0.3 is 0 Å². The Bertz CT molecular complexity index is 341. The second-order valence-corrected chi connectivity index (χ2v) is 4.46. The van der Waals surface area contributed by atoms with Crippen LogP contribution in [0.25, 0.3) is 0 Å². The number of hydrogen-bond acceptors (Lipinski definition) is 3. The van der Waals surface area contributed by atoms with Crippen molar-refractivity contribution < 1.29 is 4.79 Å². The molecule has 1 N–H and O–H groups in total. The lowest BCUT2D eigenvalue weighted by atomic mass is 10.1. The van der Waals surface area contributed by atoms with Gasteiger partial charge in [0, 0.05) is 44.5 Å². The van der Waals surface area contributed by atoms with Crippen molar-refractivity contribution >= 4 is 5.91 Å². The third-order valence-corrected chi connectivity index (χ3v) is 3.37. The Morgan fingerprint density at radius 2 is 2.24 bits per heavy atom. The van der Waals surface area contributed by atoms with Crippen LogP contribution in [-0.2, 0) is 11.3 Å². The largest absolute Gasteiger partial charge is 0.343 e. The van der Waals surface area contributed by atoms with Gasteiger partial charge in [-0.3, -0.25) is 9.48 Å². The molecule has 0 aromatic carbocycles. The van der Waals surface area contributed by atoms with Gasteiger partial charge in [0.15, 0.2) is 0 Å². The normalized spacial score (nSPS) is 17.4. The van der Waals surface area contributed by atoms with E-state index >= 15 is 0 Å². The van der Waals surface area contributed by atoms with E-state index in [1.807, 2.05) is 24.2 Å². The first-order valence-corrected chi connectivity index (χ1v) is 6.22. The quantitative estimate of drug-likeness (QED) is 0.827. The molecule has 17 heavy (non-hydrogen) atoms. The maximum atomic E-state index is 12.0. The summed E-state index contributed by atoms with van der Waals surface area (Å²) < 4.78 is 1.80. The van der Waals surface area contributed by atoms with Crippen LogP contribution in [0, 0.1) is 0 Å². The number of piperidine rings is 1. The Kier molecular flexibility index (Phi) is 4.14. The number of nitrogens with zero attached hydrogens (tertiary/aromatic N) is 3. The molecule has 1 aliphatic rings. The number of aryl methyl sites for hydroxylation is 1. The fourth-order valence-corrected chi connectivity index (χ4v) is 2.22. The van der Waals surface area contributed by atoms with Crippen LogP contribution in [0.1, 0.15) is 19.3 Å². The molecule has 1 saturated heterocycles. The predicted octanol–water partition coefficient (Wildman–Crippen LogP) is 0.484. The van der Waals surface area contributed by atoms with Gasteiger partial charge in [0.1, 0.15) is 0 Å². The first-order chi connectivity index (χ1) is 8.29. The topological polar surface area (TPSA) is 50.2 Å². The number of carbonyl (C=O) groups is 1. The maximum Gasteiger partial charge on any atom is 0.224 e. The van der Waals surface area contributed by atoms with E-state index in [0.29, 0.717) is 19.0 Å². The molecule has 0 spiro atoms. The van der Waals surface area contributed by atoms with Crippen LogP contribution in [0.5, 0.6) is 0 Å². The Hall–Kier alpha value is -1.36. The number of rotatable bonds is 4. The Morgan fingerprint density at radius 3 is 2.82 bits per heavy atom. The summed E-state index contributed by atoms with van der Waals surface area (Å²) in [4.78, 5) is 13.9. The second-order valence-electron chi connectivity index (χ2n) is 4.46. The maximum absolute atomic E-state index is 12.0. The van der Waals surface area contributed by atoms with Gasteiger partial charge in [-0.2, -0.15) is 5.10 Å². The Morgan fingerprint density at radius 1 is 1.47 bits per heavy atom. The number of amides is 1. The highest BCUT2D eigenvalue weighted by atomic mass is 16.2. The summed E-state index contributed by atoms with van der Waals surface area (Å²) in [7, 11) is 1.99. The van der Waals surface area contributed by atoms with Crippen molar-refractivity contribution in [1.29, 1.82) is 0 Å². The van der Waals surface area contributed by atoms with Crippen LogP contribution >= 0.6 is 0 Å². The number of aromatic nitrogens is 2. The third-order valence-electron chi connectivity index (χ3n) is 3.37. The molecule has 1 amide bonds. The summed E-state index contributed by atoms with van der Waals surface area (Å²) in [6, 6.07) is 2.45. The average Bonchev–Trinajstić information content (AvgIpc) is 2.89. The van der Waals surface area contributed by atoms with E-state index in [-0.39, 0.29) is 5.91 Å². The van der Waals surface area contributed by atoms with Gasteiger partial charge < -0.3 is 10.2 Å². The molecular formula is C12H20N4O. The second kappa shape index (κ2) is 5.82. The lowest BCUT2D eigenvalue weighted by Crippen LogP contribution is -2.44. The smallest absolute Gasteiger partial charge is 0.224 e. The molecule has 1 fully saturated rings. The van der Waals surface area contributed by atoms with E-state index in [1.54, 1.807) is 10.9 Å².